The molecule has 1 unspecified atom stereocenters. The third-order valence-corrected chi connectivity index (χ3v) is 5.67. The van der Waals surface area contributed by atoms with Gasteiger partial charge in [0.1, 0.15) is 5.82 Å². The summed E-state index contributed by atoms with van der Waals surface area (Å²) < 4.78 is 15.0. The zero-order valence-corrected chi connectivity index (χ0v) is 16.9. The first-order chi connectivity index (χ1) is 14.0. The van der Waals surface area contributed by atoms with Crippen LogP contribution in [0.25, 0.3) is 11.4 Å². The number of carbonyl (C=O) groups excluding carboxylic acids is 1. The number of hydrogen-bond acceptors (Lipinski definition) is 5. The van der Waals surface area contributed by atoms with Gasteiger partial charge in [0, 0.05) is 29.9 Å². The van der Waals surface area contributed by atoms with Crippen LogP contribution in [0.3, 0.4) is 0 Å². The van der Waals surface area contributed by atoms with Gasteiger partial charge in [-0.1, -0.05) is 18.7 Å². The minimum absolute atomic E-state index is 0.183. The summed E-state index contributed by atoms with van der Waals surface area (Å²) in [6.45, 7) is 4.83. The lowest BCUT2D eigenvalue weighted by molar-refractivity contribution is -0.113. The van der Waals surface area contributed by atoms with E-state index in [2.05, 4.69) is 33.5 Å². The van der Waals surface area contributed by atoms with Gasteiger partial charge in [-0.3, -0.25) is 9.79 Å². The van der Waals surface area contributed by atoms with Crippen LogP contribution in [0.15, 0.2) is 52.6 Å². The van der Waals surface area contributed by atoms with Crippen molar-refractivity contribution in [3.63, 3.8) is 0 Å². The largest absolute Gasteiger partial charge is 0.325 e. The summed E-state index contributed by atoms with van der Waals surface area (Å²) in [5.74, 6) is 0.721. The Morgan fingerprint density at radius 3 is 2.76 bits per heavy atom. The van der Waals surface area contributed by atoms with E-state index in [0.717, 1.165) is 17.1 Å². The quantitative estimate of drug-likeness (QED) is 0.601. The van der Waals surface area contributed by atoms with Gasteiger partial charge in [0.05, 0.1) is 11.4 Å². The summed E-state index contributed by atoms with van der Waals surface area (Å²) in [5, 5.41) is 12.1. The third-order valence-electron chi connectivity index (χ3n) is 4.71. The number of rotatable bonds is 6. The molecule has 1 amide bonds. The smallest absolute Gasteiger partial charge is 0.234 e. The average Bonchev–Trinajstić information content (AvgIpc) is 3.31. The maximum atomic E-state index is 13.0. The van der Waals surface area contributed by atoms with Crippen LogP contribution in [0.2, 0.25) is 0 Å². The number of thioether (sulfide) groups is 1. The van der Waals surface area contributed by atoms with E-state index in [0.29, 0.717) is 17.4 Å². The van der Waals surface area contributed by atoms with Gasteiger partial charge in [-0.15, -0.1) is 10.2 Å². The molecule has 1 N–H and O–H groups in total. The fraction of sp³-hybridized carbons (Fsp3) is 0.238. The molecular formula is C21H20FN5OS. The van der Waals surface area contributed by atoms with E-state index in [4.69, 9.17) is 0 Å². The summed E-state index contributed by atoms with van der Waals surface area (Å²) in [6, 6.07) is 11.8. The minimum atomic E-state index is -0.339. The first kappa shape index (κ1) is 19.3. The average molecular weight is 409 g/mol. The molecule has 1 atom stereocenters. The minimum Gasteiger partial charge on any atom is -0.325 e. The lowest BCUT2D eigenvalue weighted by Gasteiger charge is -2.10. The van der Waals surface area contributed by atoms with Gasteiger partial charge in [-0.25, -0.2) is 4.39 Å². The van der Waals surface area contributed by atoms with E-state index in [-0.39, 0.29) is 23.4 Å². The lowest BCUT2D eigenvalue weighted by Crippen LogP contribution is -2.14. The molecule has 2 heterocycles. The molecule has 0 fully saturated rings. The first-order valence-corrected chi connectivity index (χ1v) is 10.3. The highest BCUT2D eigenvalue weighted by Crippen LogP contribution is 2.35. The number of halogens is 1. The maximum Gasteiger partial charge on any atom is 0.234 e. The van der Waals surface area contributed by atoms with Crippen LogP contribution in [-0.4, -0.2) is 32.6 Å². The number of aliphatic imine (C=N–C) groups is 1. The predicted molar refractivity (Wildman–Crippen MR) is 113 cm³/mol. The number of fused-ring (bicyclic) bond motifs is 1. The lowest BCUT2D eigenvalue weighted by atomic mass is 10.0. The molecule has 1 aliphatic rings. The highest BCUT2D eigenvalue weighted by Gasteiger charge is 2.19. The number of amides is 1. The molecule has 148 valence electrons. The monoisotopic (exact) mass is 409 g/mol. The van der Waals surface area contributed by atoms with Crippen LogP contribution in [0.1, 0.15) is 25.3 Å². The van der Waals surface area contributed by atoms with Crippen LogP contribution in [0, 0.1) is 5.82 Å². The van der Waals surface area contributed by atoms with Crippen molar-refractivity contribution in [1.29, 1.82) is 0 Å². The van der Waals surface area contributed by atoms with Crippen molar-refractivity contribution in [2.75, 3.05) is 11.1 Å². The number of nitrogens with one attached hydrogen (secondary N) is 1. The Labute approximate surface area is 172 Å². The van der Waals surface area contributed by atoms with E-state index in [1.54, 1.807) is 0 Å². The second-order valence-corrected chi connectivity index (χ2v) is 7.68. The van der Waals surface area contributed by atoms with Crippen molar-refractivity contribution in [2.45, 2.75) is 31.5 Å². The predicted octanol–water partition coefficient (Wildman–Crippen LogP) is 4.65. The topological polar surface area (TPSA) is 72.2 Å². The molecule has 4 rings (SSSR count). The van der Waals surface area contributed by atoms with Gasteiger partial charge < -0.3 is 9.88 Å². The molecule has 0 radical (unpaired) electrons. The normalized spacial score (nSPS) is 14.8. The highest BCUT2D eigenvalue weighted by atomic mass is 32.2. The summed E-state index contributed by atoms with van der Waals surface area (Å²) in [6.07, 6.45) is 1.94. The number of anilines is 1. The standard InChI is InChI=1S/C21H20FN5OS/c1-3-27-20(14-4-9-18-17(10-14)13(2)11-23-18)25-26-21(27)29-12-19(28)24-16-7-5-15(22)6-8-16/h4-11,13H,3,12H2,1-2H3,(H,24,28). The van der Waals surface area contributed by atoms with Crippen LogP contribution >= 0.6 is 11.8 Å². The maximum absolute atomic E-state index is 13.0. The summed E-state index contributed by atoms with van der Waals surface area (Å²) in [4.78, 5) is 16.6. The van der Waals surface area contributed by atoms with E-state index in [1.807, 2.05) is 29.8 Å². The first-order valence-electron chi connectivity index (χ1n) is 9.35. The van der Waals surface area contributed by atoms with Gasteiger partial charge in [0.25, 0.3) is 0 Å². The summed E-state index contributed by atoms with van der Waals surface area (Å²) >= 11 is 1.32. The van der Waals surface area contributed by atoms with Crippen molar-refractivity contribution in [3.05, 3.63) is 53.8 Å². The number of carbonyl (C=O) groups is 1. The number of hydrogen-bond donors (Lipinski definition) is 1. The van der Waals surface area contributed by atoms with Crippen molar-refractivity contribution < 1.29 is 9.18 Å². The second kappa shape index (κ2) is 8.16. The Balaban J connectivity index is 1.47. The van der Waals surface area contributed by atoms with Gasteiger partial charge in [0.15, 0.2) is 11.0 Å². The Kier molecular flexibility index (Phi) is 5.44. The third kappa shape index (κ3) is 4.07. The van der Waals surface area contributed by atoms with Crippen LogP contribution in [-0.2, 0) is 11.3 Å². The van der Waals surface area contributed by atoms with E-state index in [9.17, 15) is 9.18 Å². The zero-order valence-electron chi connectivity index (χ0n) is 16.1. The molecule has 1 aliphatic heterocycles. The molecule has 29 heavy (non-hydrogen) atoms. The molecule has 6 nitrogen and oxygen atoms in total. The van der Waals surface area contributed by atoms with E-state index >= 15 is 0 Å². The highest BCUT2D eigenvalue weighted by molar-refractivity contribution is 7.99. The Morgan fingerprint density at radius 2 is 2.00 bits per heavy atom. The van der Waals surface area contributed by atoms with Gasteiger partial charge in [0.2, 0.25) is 5.91 Å². The molecule has 8 heteroatoms. The summed E-state index contributed by atoms with van der Waals surface area (Å²) in [7, 11) is 0. The van der Waals surface area contributed by atoms with Gasteiger partial charge in [-0.2, -0.15) is 0 Å². The summed E-state index contributed by atoms with van der Waals surface area (Å²) in [5.41, 5.74) is 3.72. The molecule has 0 saturated carbocycles. The molecule has 0 saturated heterocycles. The SMILES string of the molecule is CCn1c(SCC(=O)Nc2ccc(F)cc2)nnc1-c1ccc2c(c1)C(C)C=N2. The van der Waals surface area contributed by atoms with Crippen molar-refractivity contribution in [2.24, 2.45) is 4.99 Å². The fourth-order valence-electron chi connectivity index (χ4n) is 3.20. The van der Waals surface area contributed by atoms with Gasteiger partial charge >= 0.3 is 0 Å². The molecule has 3 aromatic rings. The Hall–Kier alpha value is -3.00. The van der Waals surface area contributed by atoms with Gasteiger partial charge in [-0.05, 0) is 55.0 Å². The van der Waals surface area contributed by atoms with E-state index < -0.39 is 0 Å². The van der Waals surface area contributed by atoms with Crippen molar-refractivity contribution in [3.8, 4) is 11.4 Å². The van der Waals surface area contributed by atoms with Crippen molar-refractivity contribution in [1.82, 2.24) is 14.8 Å². The second-order valence-electron chi connectivity index (χ2n) is 6.73. The number of aromatic nitrogens is 3. The fourth-order valence-corrected chi connectivity index (χ4v) is 4.01. The molecule has 0 spiro atoms. The van der Waals surface area contributed by atoms with Crippen LogP contribution in [0.5, 0.6) is 0 Å². The Morgan fingerprint density at radius 1 is 1.21 bits per heavy atom. The van der Waals surface area contributed by atoms with Crippen LogP contribution in [0.4, 0.5) is 15.8 Å². The number of nitrogens with zero attached hydrogens (tertiary/aromatic N) is 4. The zero-order chi connectivity index (χ0) is 20.4. The Bertz CT molecular complexity index is 1080. The molecule has 2 aromatic carbocycles. The molecule has 0 bridgehead atoms. The molecule has 1 aromatic heterocycles. The van der Waals surface area contributed by atoms with Crippen molar-refractivity contribution >= 4 is 35.3 Å². The number of benzene rings is 2. The molecular weight excluding hydrogens is 389 g/mol. The van der Waals surface area contributed by atoms with Crippen LogP contribution < -0.4 is 5.32 Å². The van der Waals surface area contributed by atoms with E-state index in [1.165, 1.54) is 41.6 Å². The molecule has 0 aliphatic carbocycles.